The van der Waals surface area contributed by atoms with Crippen molar-refractivity contribution in [1.82, 2.24) is 0 Å². The van der Waals surface area contributed by atoms with Gasteiger partial charge in [0.15, 0.2) is 0 Å². The first kappa shape index (κ1) is 11.8. The van der Waals surface area contributed by atoms with Crippen molar-refractivity contribution in [2.45, 2.75) is 32.6 Å². The van der Waals surface area contributed by atoms with Gasteiger partial charge in [0.25, 0.3) is 0 Å². The fraction of sp³-hybridized carbons (Fsp3) is 0.429. The van der Waals surface area contributed by atoms with Crippen LogP contribution in [0.25, 0.3) is 0 Å². The third-order valence-corrected chi connectivity index (χ3v) is 3.19. The summed E-state index contributed by atoms with van der Waals surface area (Å²) < 4.78 is 4.85. The maximum absolute atomic E-state index is 12.0. The number of rotatable bonds is 2. The monoisotopic (exact) mass is 232 g/mol. The third kappa shape index (κ3) is 1.86. The molecule has 17 heavy (non-hydrogen) atoms. The number of esters is 2. The molecule has 0 aliphatic carbocycles. The Kier molecular flexibility index (Phi) is 2.77. The van der Waals surface area contributed by atoms with Crippen molar-refractivity contribution < 1.29 is 14.3 Å². The highest BCUT2D eigenvalue weighted by molar-refractivity contribution is 6.05. The zero-order chi connectivity index (χ0) is 12.6. The Morgan fingerprint density at radius 3 is 2.53 bits per heavy atom. The summed E-state index contributed by atoms with van der Waals surface area (Å²) in [4.78, 5) is 23.6. The van der Waals surface area contributed by atoms with Crippen LogP contribution in [0, 0.1) is 5.92 Å². The van der Waals surface area contributed by atoms with Crippen LogP contribution in [0.4, 0.5) is 0 Å². The molecular weight excluding hydrogens is 216 g/mol. The number of carbonyl (C=O) groups excluding carboxylic acids is 2. The van der Waals surface area contributed by atoms with E-state index in [0.29, 0.717) is 17.9 Å². The SMILES string of the molecule is CC(C)C[C@@]1(C)C(=O)OC(=O)c2ccccc21. The van der Waals surface area contributed by atoms with Gasteiger partial charge in [-0.3, -0.25) is 4.79 Å². The van der Waals surface area contributed by atoms with Gasteiger partial charge < -0.3 is 4.74 Å². The van der Waals surface area contributed by atoms with Gasteiger partial charge in [0.1, 0.15) is 0 Å². The summed E-state index contributed by atoms with van der Waals surface area (Å²) in [5.74, 6) is -0.615. The van der Waals surface area contributed by atoms with Gasteiger partial charge in [-0.2, -0.15) is 0 Å². The quantitative estimate of drug-likeness (QED) is 0.581. The standard InChI is InChI=1S/C14H16O3/c1-9(2)8-14(3)11-7-5-4-6-10(11)12(15)17-13(14)16/h4-7,9H,8H2,1-3H3/t14-/m1/s1. The fourth-order valence-corrected chi connectivity index (χ4v) is 2.51. The highest BCUT2D eigenvalue weighted by Gasteiger charge is 2.45. The molecule has 0 aromatic heterocycles. The molecule has 0 bridgehead atoms. The smallest absolute Gasteiger partial charge is 0.346 e. The molecule has 2 rings (SSSR count). The van der Waals surface area contributed by atoms with E-state index in [0.717, 1.165) is 5.56 Å². The Morgan fingerprint density at radius 2 is 1.88 bits per heavy atom. The molecule has 0 unspecified atom stereocenters. The molecule has 0 fully saturated rings. The van der Waals surface area contributed by atoms with Gasteiger partial charge >= 0.3 is 11.9 Å². The topological polar surface area (TPSA) is 43.4 Å². The van der Waals surface area contributed by atoms with Crippen LogP contribution in [0.5, 0.6) is 0 Å². The lowest BCUT2D eigenvalue weighted by atomic mass is 9.73. The highest BCUT2D eigenvalue weighted by Crippen LogP contribution is 2.38. The van der Waals surface area contributed by atoms with Crippen LogP contribution in [0.2, 0.25) is 0 Å². The molecule has 0 N–H and O–H groups in total. The van der Waals surface area contributed by atoms with Crippen molar-refractivity contribution in [2.75, 3.05) is 0 Å². The van der Waals surface area contributed by atoms with Crippen LogP contribution in [-0.4, -0.2) is 11.9 Å². The molecule has 0 radical (unpaired) electrons. The van der Waals surface area contributed by atoms with Gasteiger partial charge in [-0.15, -0.1) is 0 Å². The molecule has 1 aromatic carbocycles. The Hall–Kier alpha value is -1.64. The molecule has 1 aliphatic rings. The minimum Gasteiger partial charge on any atom is -0.389 e. The molecule has 0 saturated heterocycles. The molecule has 3 nitrogen and oxygen atoms in total. The minimum absolute atomic E-state index is 0.355. The number of fused-ring (bicyclic) bond motifs is 1. The summed E-state index contributed by atoms with van der Waals surface area (Å²) in [6, 6.07) is 7.19. The molecule has 3 heteroatoms. The number of carbonyl (C=O) groups is 2. The molecular formula is C14H16O3. The fourth-order valence-electron chi connectivity index (χ4n) is 2.51. The zero-order valence-corrected chi connectivity index (χ0v) is 10.3. The third-order valence-electron chi connectivity index (χ3n) is 3.19. The Bertz CT molecular complexity index is 476. The van der Waals surface area contributed by atoms with Crippen molar-refractivity contribution >= 4 is 11.9 Å². The second-order valence-corrected chi connectivity index (χ2v) is 5.15. The first-order valence-electron chi connectivity index (χ1n) is 5.81. The van der Waals surface area contributed by atoms with E-state index >= 15 is 0 Å². The van der Waals surface area contributed by atoms with Gasteiger partial charge in [-0.1, -0.05) is 32.0 Å². The summed E-state index contributed by atoms with van der Waals surface area (Å²) in [6.45, 7) is 5.95. The lowest BCUT2D eigenvalue weighted by Crippen LogP contribution is -2.42. The van der Waals surface area contributed by atoms with Crippen molar-refractivity contribution in [3.8, 4) is 0 Å². The Balaban J connectivity index is 2.56. The number of hydrogen-bond donors (Lipinski definition) is 0. The first-order valence-corrected chi connectivity index (χ1v) is 5.81. The summed E-state index contributed by atoms with van der Waals surface area (Å²) in [6.07, 6.45) is 0.677. The second kappa shape index (κ2) is 3.99. The van der Waals surface area contributed by atoms with E-state index in [1.54, 1.807) is 12.1 Å². The average molecular weight is 232 g/mol. The van der Waals surface area contributed by atoms with Crippen LogP contribution < -0.4 is 0 Å². The van der Waals surface area contributed by atoms with E-state index in [4.69, 9.17) is 4.74 Å². The number of hydrogen-bond acceptors (Lipinski definition) is 3. The van der Waals surface area contributed by atoms with Crippen LogP contribution >= 0.6 is 0 Å². The summed E-state index contributed by atoms with van der Waals surface area (Å²) in [5.41, 5.74) is 0.587. The van der Waals surface area contributed by atoms with E-state index in [-0.39, 0.29) is 0 Å². The molecule has 1 heterocycles. The molecule has 0 amide bonds. The maximum Gasteiger partial charge on any atom is 0.346 e. The van der Waals surface area contributed by atoms with Gasteiger partial charge in [0.2, 0.25) is 0 Å². The Labute approximate surface area is 101 Å². The van der Waals surface area contributed by atoms with Gasteiger partial charge in [-0.25, -0.2) is 4.79 Å². The van der Waals surface area contributed by atoms with Crippen molar-refractivity contribution in [2.24, 2.45) is 5.92 Å². The molecule has 1 atom stereocenters. The number of benzene rings is 1. The molecule has 1 aliphatic heterocycles. The Morgan fingerprint density at radius 1 is 1.24 bits per heavy atom. The second-order valence-electron chi connectivity index (χ2n) is 5.15. The lowest BCUT2D eigenvalue weighted by Gasteiger charge is -2.33. The predicted molar refractivity (Wildman–Crippen MR) is 63.7 cm³/mol. The van der Waals surface area contributed by atoms with Crippen LogP contribution in [-0.2, 0) is 14.9 Å². The van der Waals surface area contributed by atoms with Gasteiger partial charge in [0.05, 0.1) is 11.0 Å². The molecule has 0 saturated carbocycles. The van der Waals surface area contributed by atoms with Crippen LogP contribution in [0.1, 0.15) is 43.1 Å². The van der Waals surface area contributed by atoms with Crippen LogP contribution in [0.3, 0.4) is 0 Å². The van der Waals surface area contributed by atoms with E-state index < -0.39 is 17.4 Å². The van der Waals surface area contributed by atoms with Crippen molar-refractivity contribution in [1.29, 1.82) is 0 Å². The normalized spacial score (nSPS) is 23.5. The molecule has 90 valence electrons. The average Bonchev–Trinajstić information content (AvgIpc) is 2.26. The van der Waals surface area contributed by atoms with Gasteiger partial charge in [-0.05, 0) is 30.9 Å². The van der Waals surface area contributed by atoms with Crippen molar-refractivity contribution in [3.63, 3.8) is 0 Å². The van der Waals surface area contributed by atoms with Crippen LogP contribution in [0.15, 0.2) is 24.3 Å². The van der Waals surface area contributed by atoms with Crippen molar-refractivity contribution in [3.05, 3.63) is 35.4 Å². The van der Waals surface area contributed by atoms with E-state index in [2.05, 4.69) is 13.8 Å². The lowest BCUT2D eigenvalue weighted by molar-refractivity contribution is -0.145. The predicted octanol–water partition coefficient (Wildman–Crippen LogP) is 2.69. The maximum atomic E-state index is 12.0. The first-order chi connectivity index (χ1) is 7.95. The summed E-state index contributed by atoms with van der Waals surface area (Å²) in [5, 5.41) is 0. The minimum atomic E-state index is -0.710. The zero-order valence-electron chi connectivity index (χ0n) is 10.3. The number of cyclic esters (lactones) is 2. The van der Waals surface area contributed by atoms with E-state index in [1.807, 2.05) is 19.1 Å². The van der Waals surface area contributed by atoms with Gasteiger partial charge in [0, 0.05) is 0 Å². The summed E-state index contributed by atoms with van der Waals surface area (Å²) >= 11 is 0. The van der Waals surface area contributed by atoms with E-state index in [9.17, 15) is 9.59 Å². The van der Waals surface area contributed by atoms with E-state index in [1.165, 1.54) is 0 Å². The summed E-state index contributed by atoms with van der Waals surface area (Å²) in [7, 11) is 0. The molecule has 1 aromatic rings. The number of ether oxygens (including phenoxy) is 1. The largest absolute Gasteiger partial charge is 0.389 e. The molecule has 0 spiro atoms. The highest BCUT2D eigenvalue weighted by atomic mass is 16.6.